The Hall–Kier alpha value is -1.27. The van der Waals surface area contributed by atoms with Crippen LogP contribution in [0.1, 0.15) is 13.3 Å². The molecular weight excluding hydrogens is 240 g/mol. The van der Waals surface area contributed by atoms with Gasteiger partial charge in [-0.05, 0) is 24.6 Å². The van der Waals surface area contributed by atoms with Crippen molar-refractivity contribution >= 4 is 15.7 Å². The molecule has 0 heterocycles. The smallest absolute Gasteiger partial charge is 0.242 e. The van der Waals surface area contributed by atoms with Crippen molar-refractivity contribution in [1.29, 1.82) is 0 Å². The molecule has 0 bridgehead atoms. The number of nitrogens with zero attached hydrogens (tertiary/aromatic N) is 1. The number of ether oxygens (including phenoxy) is 1. The number of rotatable bonds is 5. The van der Waals surface area contributed by atoms with E-state index in [9.17, 15) is 8.42 Å². The predicted molar refractivity (Wildman–Crippen MR) is 67.5 cm³/mol. The molecule has 0 aliphatic rings. The summed E-state index contributed by atoms with van der Waals surface area (Å²) in [6.07, 6.45) is 0.872. The molecule has 0 fully saturated rings. The molecule has 1 aromatic carbocycles. The van der Waals surface area contributed by atoms with E-state index in [1.807, 2.05) is 6.92 Å². The monoisotopic (exact) mass is 258 g/mol. The number of nitrogens with two attached hydrogens (primary N) is 1. The maximum atomic E-state index is 11.8. The third kappa shape index (κ3) is 3.10. The van der Waals surface area contributed by atoms with E-state index in [1.54, 1.807) is 6.07 Å². The SMILES string of the molecule is CCCOc1ccc(S(=O)(=O)N(C)C)cc1N. The van der Waals surface area contributed by atoms with Crippen LogP contribution in [0.4, 0.5) is 5.69 Å². The molecule has 96 valence electrons. The van der Waals surface area contributed by atoms with Gasteiger partial charge in [-0.1, -0.05) is 6.92 Å². The third-order valence-electron chi connectivity index (χ3n) is 2.22. The normalized spacial score (nSPS) is 11.8. The van der Waals surface area contributed by atoms with Crippen molar-refractivity contribution in [2.75, 3.05) is 26.4 Å². The average Bonchev–Trinajstić information content (AvgIpc) is 2.27. The Morgan fingerprint density at radius 2 is 2.00 bits per heavy atom. The Labute approximate surface area is 102 Å². The average molecular weight is 258 g/mol. The van der Waals surface area contributed by atoms with Gasteiger partial charge in [-0.25, -0.2) is 12.7 Å². The molecule has 0 saturated heterocycles. The van der Waals surface area contributed by atoms with E-state index in [4.69, 9.17) is 10.5 Å². The van der Waals surface area contributed by atoms with E-state index in [-0.39, 0.29) is 4.90 Å². The van der Waals surface area contributed by atoms with Gasteiger partial charge in [0.2, 0.25) is 10.0 Å². The predicted octanol–water partition coefficient (Wildman–Crippen LogP) is 1.31. The fourth-order valence-corrected chi connectivity index (χ4v) is 2.18. The number of nitrogen functional groups attached to an aromatic ring is 1. The van der Waals surface area contributed by atoms with Crippen molar-refractivity contribution in [3.8, 4) is 5.75 Å². The van der Waals surface area contributed by atoms with Crippen molar-refractivity contribution < 1.29 is 13.2 Å². The third-order valence-corrected chi connectivity index (χ3v) is 4.03. The van der Waals surface area contributed by atoms with Gasteiger partial charge >= 0.3 is 0 Å². The summed E-state index contributed by atoms with van der Waals surface area (Å²) in [5.41, 5.74) is 6.09. The van der Waals surface area contributed by atoms with Gasteiger partial charge in [0.15, 0.2) is 0 Å². The van der Waals surface area contributed by atoms with Crippen LogP contribution in [0.5, 0.6) is 5.75 Å². The quantitative estimate of drug-likeness (QED) is 0.808. The van der Waals surface area contributed by atoms with Crippen molar-refractivity contribution in [1.82, 2.24) is 4.31 Å². The molecule has 0 spiro atoms. The number of benzene rings is 1. The summed E-state index contributed by atoms with van der Waals surface area (Å²) in [5.74, 6) is 0.518. The molecule has 5 nitrogen and oxygen atoms in total. The first-order valence-electron chi connectivity index (χ1n) is 5.34. The second-order valence-corrected chi connectivity index (χ2v) is 5.99. The zero-order chi connectivity index (χ0) is 13.1. The molecule has 0 saturated carbocycles. The van der Waals surface area contributed by atoms with E-state index in [1.165, 1.54) is 26.2 Å². The maximum Gasteiger partial charge on any atom is 0.242 e. The summed E-state index contributed by atoms with van der Waals surface area (Å²) in [6, 6.07) is 4.50. The largest absolute Gasteiger partial charge is 0.491 e. The molecule has 2 N–H and O–H groups in total. The Morgan fingerprint density at radius 1 is 1.35 bits per heavy atom. The second kappa shape index (κ2) is 5.37. The van der Waals surface area contributed by atoms with Crippen LogP contribution in [0.15, 0.2) is 23.1 Å². The number of hydrogen-bond donors (Lipinski definition) is 1. The lowest BCUT2D eigenvalue weighted by atomic mass is 10.3. The first-order chi connectivity index (χ1) is 7.89. The van der Waals surface area contributed by atoms with Crippen molar-refractivity contribution in [2.45, 2.75) is 18.2 Å². The lowest BCUT2D eigenvalue weighted by Gasteiger charge is -2.13. The van der Waals surface area contributed by atoms with Crippen LogP contribution < -0.4 is 10.5 Å². The highest BCUT2D eigenvalue weighted by atomic mass is 32.2. The summed E-state index contributed by atoms with van der Waals surface area (Å²) < 4.78 is 30.2. The van der Waals surface area contributed by atoms with Crippen LogP contribution in [0.3, 0.4) is 0 Å². The summed E-state index contributed by atoms with van der Waals surface area (Å²) in [7, 11) is -0.481. The molecule has 0 aliphatic carbocycles. The number of sulfonamides is 1. The van der Waals surface area contributed by atoms with Crippen LogP contribution in [0.25, 0.3) is 0 Å². The number of anilines is 1. The van der Waals surface area contributed by atoms with Crippen LogP contribution in [0, 0.1) is 0 Å². The zero-order valence-corrected chi connectivity index (χ0v) is 11.1. The van der Waals surface area contributed by atoms with Gasteiger partial charge in [-0.2, -0.15) is 0 Å². The van der Waals surface area contributed by atoms with E-state index < -0.39 is 10.0 Å². The number of hydrogen-bond acceptors (Lipinski definition) is 4. The molecule has 0 unspecified atom stereocenters. The van der Waals surface area contributed by atoms with Crippen molar-refractivity contribution in [2.24, 2.45) is 0 Å². The highest BCUT2D eigenvalue weighted by Gasteiger charge is 2.18. The first kappa shape index (κ1) is 13.8. The molecule has 6 heteroatoms. The van der Waals surface area contributed by atoms with Gasteiger partial charge in [0.05, 0.1) is 17.2 Å². The van der Waals surface area contributed by atoms with Gasteiger partial charge in [0.25, 0.3) is 0 Å². The molecule has 0 amide bonds. The van der Waals surface area contributed by atoms with E-state index in [0.717, 1.165) is 10.7 Å². The molecule has 0 radical (unpaired) electrons. The molecular formula is C11H18N2O3S. The van der Waals surface area contributed by atoms with Crippen molar-refractivity contribution in [3.63, 3.8) is 0 Å². The van der Waals surface area contributed by atoms with Gasteiger partial charge < -0.3 is 10.5 Å². The van der Waals surface area contributed by atoms with Gasteiger partial charge in [0, 0.05) is 14.1 Å². The Balaban J connectivity index is 3.05. The van der Waals surface area contributed by atoms with Crippen LogP contribution in [-0.4, -0.2) is 33.4 Å². The van der Waals surface area contributed by atoms with Gasteiger partial charge in [-0.3, -0.25) is 0 Å². The van der Waals surface area contributed by atoms with Crippen LogP contribution in [-0.2, 0) is 10.0 Å². The first-order valence-corrected chi connectivity index (χ1v) is 6.78. The van der Waals surface area contributed by atoms with Crippen molar-refractivity contribution in [3.05, 3.63) is 18.2 Å². The van der Waals surface area contributed by atoms with Crippen LogP contribution >= 0.6 is 0 Å². The summed E-state index contributed by atoms with van der Waals surface area (Å²) in [5, 5.41) is 0. The zero-order valence-electron chi connectivity index (χ0n) is 10.3. The lowest BCUT2D eigenvalue weighted by Crippen LogP contribution is -2.22. The van der Waals surface area contributed by atoms with Gasteiger partial charge in [0.1, 0.15) is 5.75 Å². The minimum atomic E-state index is -3.44. The molecule has 1 rings (SSSR count). The molecule has 0 atom stereocenters. The molecule has 1 aromatic rings. The Bertz CT molecular complexity index is 483. The summed E-state index contributed by atoms with van der Waals surface area (Å²) in [4.78, 5) is 0.170. The maximum absolute atomic E-state index is 11.8. The van der Waals surface area contributed by atoms with Crippen LogP contribution in [0.2, 0.25) is 0 Å². The Kier molecular flexibility index (Phi) is 4.36. The fraction of sp³-hybridized carbons (Fsp3) is 0.455. The molecule has 0 aromatic heterocycles. The van der Waals surface area contributed by atoms with E-state index in [2.05, 4.69) is 0 Å². The summed E-state index contributed by atoms with van der Waals surface area (Å²) in [6.45, 7) is 2.55. The minimum Gasteiger partial charge on any atom is -0.491 e. The standard InChI is InChI=1S/C11H18N2O3S/c1-4-7-16-11-6-5-9(8-10(11)12)17(14,15)13(2)3/h5-6,8H,4,7,12H2,1-3H3. The highest BCUT2D eigenvalue weighted by Crippen LogP contribution is 2.25. The van der Waals surface area contributed by atoms with E-state index >= 15 is 0 Å². The minimum absolute atomic E-state index is 0.170. The Morgan fingerprint density at radius 3 is 2.47 bits per heavy atom. The topological polar surface area (TPSA) is 72.6 Å². The second-order valence-electron chi connectivity index (χ2n) is 3.84. The van der Waals surface area contributed by atoms with Gasteiger partial charge in [-0.15, -0.1) is 0 Å². The lowest BCUT2D eigenvalue weighted by molar-refractivity contribution is 0.319. The molecule has 17 heavy (non-hydrogen) atoms. The highest BCUT2D eigenvalue weighted by molar-refractivity contribution is 7.89. The molecule has 0 aliphatic heterocycles. The van der Waals surface area contributed by atoms with E-state index in [0.29, 0.717) is 18.0 Å². The summed E-state index contributed by atoms with van der Waals surface area (Å²) >= 11 is 0. The fourth-order valence-electron chi connectivity index (χ4n) is 1.24.